The Kier molecular flexibility index (Phi) is 6.61. The van der Waals surface area contributed by atoms with E-state index in [9.17, 15) is 9.59 Å². The molecule has 40 heavy (non-hydrogen) atoms. The third kappa shape index (κ3) is 5.22. The zero-order valence-corrected chi connectivity index (χ0v) is 22.1. The van der Waals surface area contributed by atoms with Gasteiger partial charge in [0, 0.05) is 29.3 Å². The minimum atomic E-state index is -0.364. The van der Waals surface area contributed by atoms with Crippen LogP contribution < -0.4 is 20.7 Å². The molecule has 200 valence electrons. The standard InChI is InChI=1S/C31H28N6O3/c1-19-7-12-23(34-31(39)35-25-5-3-4-6-27(25)40-2)16-24(19)22-11-8-20-13-14-37(26(20)15-22)29-17-28(32-18-33-29)36-30(38)21-9-10-21/h3-8,11-18,21H,9-10H2,1-2H3,(H2,34,35,39)(H,32,33,36,38). The fraction of sp³-hybridized carbons (Fsp3) is 0.161. The van der Waals surface area contributed by atoms with Gasteiger partial charge in [0.25, 0.3) is 0 Å². The first-order chi connectivity index (χ1) is 19.5. The molecule has 0 unspecified atom stereocenters. The molecule has 3 N–H and O–H groups in total. The van der Waals surface area contributed by atoms with E-state index in [4.69, 9.17) is 4.74 Å². The van der Waals surface area contributed by atoms with Gasteiger partial charge in [0.2, 0.25) is 5.91 Å². The van der Waals surface area contributed by atoms with Gasteiger partial charge < -0.3 is 25.3 Å². The molecule has 0 saturated heterocycles. The van der Waals surface area contributed by atoms with E-state index in [1.807, 2.05) is 54.1 Å². The number of hydrogen-bond acceptors (Lipinski definition) is 5. The van der Waals surface area contributed by atoms with Crippen LogP contribution in [-0.4, -0.2) is 33.6 Å². The van der Waals surface area contributed by atoms with E-state index in [1.165, 1.54) is 6.33 Å². The summed E-state index contributed by atoms with van der Waals surface area (Å²) in [4.78, 5) is 33.6. The van der Waals surface area contributed by atoms with Crippen molar-refractivity contribution in [3.05, 3.63) is 90.9 Å². The van der Waals surface area contributed by atoms with Crippen LogP contribution in [0.4, 0.5) is 22.0 Å². The number of methoxy groups -OCH3 is 1. The zero-order chi connectivity index (χ0) is 27.6. The topological polar surface area (TPSA) is 110 Å². The van der Waals surface area contributed by atoms with Crippen LogP contribution in [0.1, 0.15) is 18.4 Å². The van der Waals surface area contributed by atoms with Crippen molar-refractivity contribution >= 4 is 40.0 Å². The number of fused-ring (bicyclic) bond motifs is 1. The van der Waals surface area contributed by atoms with Crippen LogP contribution in [0.25, 0.3) is 27.8 Å². The minimum Gasteiger partial charge on any atom is -0.495 e. The van der Waals surface area contributed by atoms with Crippen LogP contribution >= 0.6 is 0 Å². The normalized spacial score (nSPS) is 12.7. The summed E-state index contributed by atoms with van der Waals surface area (Å²) >= 11 is 0. The molecule has 0 aliphatic heterocycles. The smallest absolute Gasteiger partial charge is 0.323 e. The largest absolute Gasteiger partial charge is 0.495 e. The number of rotatable bonds is 7. The van der Waals surface area contributed by atoms with Gasteiger partial charge >= 0.3 is 6.03 Å². The molecule has 1 saturated carbocycles. The maximum absolute atomic E-state index is 12.7. The first kappa shape index (κ1) is 25.1. The molecule has 2 aromatic heterocycles. The number of para-hydroxylation sites is 2. The fourth-order valence-electron chi connectivity index (χ4n) is 4.66. The van der Waals surface area contributed by atoms with Crippen molar-refractivity contribution in [3.63, 3.8) is 0 Å². The van der Waals surface area contributed by atoms with E-state index >= 15 is 0 Å². The monoisotopic (exact) mass is 532 g/mol. The molecule has 1 fully saturated rings. The minimum absolute atomic E-state index is 0.00449. The van der Waals surface area contributed by atoms with Gasteiger partial charge in [-0.3, -0.25) is 4.79 Å². The second kappa shape index (κ2) is 10.5. The van der Waals surface area contributed by atoms with E-state index in [1.54, 1.807) is 25.3 Å². The molecule has 2 heterocycles. The maximum Gasteiger partial charge on any atom is 0.323 e. The highest BCUT2D eigenvalue weighted by Crippen LogP contribution is 2.32. The Balaban J connectivity index is 1.27. The molecular formula is C31H28N6O3. The van der Waals surface area contributed by atoms with Crippen LogP contribution in [0.3, 0.4) is 0 Å². The molecule has 0 radical (unpaired) electrons. The predicted molar refractivity (Wildman–Crippen MR) is 156 cm³/mol. The molecule has 3 aromatic carbocycles. The number of anilines is 3. The molecular weight excluding hydrogens is 504 g/mol. The highest BCUT2D eigenvalue weighted by Gasteiger charge is 2.29. The molecule has 5 aromatic rings. The average Bonchev–Trinajstić information content (AvgIpc) is 3.74. The number of hydrogen-bond donors (Lipinski definition) is 3. The summed E-state index contributed by atoms with van der Waals surface area (Å²) in [6.07, 6.45) is 5.27. The van der Waals surface area contributed by atoms with E-state index in [2.05, 4.69) is 44.1 Å². The van der Waals surface area contributed by atoms with E-state index < -0.39 is 0 Å². The first-order valence-corrected chi connectivity index (χ1v) is 13.0. The van der Waals surface area contributed by atoms with E-state index in [0.717, 1.165) is 40.4 Å². The molecule has 0 spiro atoms. The Morgan fingerprint density at radius 1 is 0.925 bits per heavy atom. The lowest BCUT2D eigenvalue weighted by molar-refractivity contribution is -0.117. The van der Waals surface area contributed by atoms with Crippen LogP contribution in [-0.2, 0) is 4.79 Å². The van der Waals surface area contributed by atoms with Crippen LogP contribution in [0.5, 0.6) is 5.75 Å². The lowest BCUT2D eigenvalue weighted by Gasteiger charge is -2.13. The highest BCUT2D eigenvalue weighted by molar-refractivity contribution is 6.01. The second-order valence-corrected chi connectivity index (χ2v) is 9.79. The van der Waals surface area contributed by atoms with Gasteiger partial charge in [-0.25, -0.2) is 14.8 Å². The van der Waals surface area contributed by atoms with Crippen molar-refractivity contribution in [1.29, 1.82) is 0 Å². The summed E-state index contributed by atoms with van der Waals surface area (Å²) in [6.45, 7) is 2.04. The summed E-state index contributed by atoms with van der Waals surface area (Å²) in [7, 11) is 1.56. The van der Waals surface area contributed by atoms with Crippen molar-refractivity contribution in [1.82, 2.24) is 14.5 Å². The third-order valence-electron chi connectivity index (χ3n) is 6.95. The first-order valence-electron chi connectivity index (χ1n) is 13.0. The average molecular weight is 533 g/mol. The number of aromatic nitrogens is 3. The number of aryl methyl sites for hydroxylation is 1. The van der Waals surface area contributed by atoms with Crippen LogP contribution in [0.15, 0.2) is 85.3 Å². The highest BCUT2D eigenvalue weighted by atomic mass is 16.5. The molecule has 9 nitrogen and oxygen atoms in total. The number of nitrogens with one attached hydrogen (secondary N) is 3. The Labute approximate surface area is 231 Å². The van der Waals surface area contributed by atoms with Gasteiger partial charge in [0.05, 0.1) is 18.3 Å². The summed E-state index contributed by atoms with van der Waals surface area (Å²) in [5.41, 5.74) is 5.26. The molecule has 9 heteroatoms. The number of ether oxygens (including phenoxy) is 1. The second-order valence-electron chi connectivity index (χ2n) is 9.79. The van der Waals surface area contributed by atoms with Gasteiger partial charge in [-0.15, -0.1) is 0 Å². The number of nitrogens with zero attached hydrogens (tertiary/aromatic N) is 3. The Hall–Kier alpha value is -5.18. The number of amides is 3. The summed E-state index contributed by atoms with van der Waals surface area (Å²) < 4.78 is 7.30. The predicted octanol–water partition coefficient (Wildman–Crippen LogP) is 6.40. The van der Waals surface area contributed by atoms with Gasteiger partial charge in [-0.05, 0) is 72.9 Å². The molecule has 3 amide bonds. The maximum atomic E-state index is 12.7. The quantitative estimate of drug-likeness (QED) is 0.225. The van der Waals surface area contributed by atoms with Crippen LogP contribution in [0, 0.1) is 12.8 Å². The van der Waals surface area contributed by atoms with Gasteiger partial charge in [0.15, 0.2) is 0 Å². The van der Waals surface area contributed by atoms with Gasteiger partial charge in [-0.2, -0.15) is 0 Å². The molecule has 1 aliphatic carbocycles. The van der Waals surface area contributed by atoms with Gasteiger partial charge in [0.1, 0.15) is 23.7 Å². The number of carbonyl (C=O) groups is 2. The van der Waals surface area contributed by atoms with Crippen LogP contribution in [0.2, 0.25) is 0 Å². The third-order valence-corrected chi connectivity index (χ3v) is 6.95. The molecule has 0 atom stereocenters. The fourth-order valence-corrected chi connectivity index (χ4v) is 4.66. The van der Waals surface area contributed by atoms with Crippen molar-refractivity contribution in [2.24, 2.45) is 5.92 Å². The molecule has 1 aliphatic rings. The van der Waals surface area contributed by atoms with Gasteiger partial charge in [-0.1, -0.05) is 30.3 Å². The number of urea groups is 1. The van der Waals surface area contributed by atoms with Crippen molar-refractivity contribution in [2.45, 2.75) is 19.8 Å². The Bertz CT molecular complexity index is 1740. The van der Waals surface area contributed by atoms with Crippen molar-refractivity contribution in [2.75, 3.05) is 23.1 Å². The Morgan fingerprint density at radius 2 is 1.77 bits per heavy atom. The summed E-state index contributed by atoms with van der Waals surface area (Å²) in [6, 6.07) is 22.7. The van der Waals surface area contributed by atoms with E-state index in [0.29, 0.717) is 28.8 Å². The zero-order valence-electron chi connectivity index (χ0n) is 22.1. The molecule has 6 rings (SSSR count). The molecule has 0 bridgehead atoms. The number of carbonyl (C=O) groups excluding carboxylic acids is 2. The van der Waals surface area contributed by atoms with Crippen molar-refractivity contribution < 1.29 is 14.3 Å². The lowest BCUT2D eigenvalue weighted by Crippen LogP contribution is -2.19. The van der Waals surface area contributed by atoms with E-state index in [-0.39, 0.29) is 17.9 Å². The Morgan fingerprint density at radius 3 is 2.60 bits per heavy atom. The summed E-state index contributed by atoms with van der Waals surface area (Å²) in [5.74, 6) is 1.83. The number of benzene rings is 3. The SMILES string of the molecule is COc1ccccc1NC(=O)Nc1ccc(C)c(-c2ccc3ccn(-c4cc(NC(=O)C5CC5)ncn4)c3c2)c1. The van der Waals surface area contributed by atoms with Crippen molar-refractivity contribution in [3.8, 4) is 22.7 Å². The summed E-state index contributed by atoms with van der Waals surface area (Å²) in [5, 5.41) is 9.70. The lowest BCUT2D eigenvalue weighted by atomic mass is 9.99.